The van der Waals surface area contributed by atoms with Crippen LogP contribution in [0.3, 0.4) is 0 Å². The van der Waals surface area contributed by atoms with Gasteiger partial charge in [0.1, 0.15) is 6.61 Å². The van der Waals surface area contributed by atoms with Gasteiger partial charge in [-0.25, -0.2) is 4.79 Å². The Morgan fingerprint density at radius 2 is 1.76 bits per heavy atom. The van der Waals surface area contributed by atoms with Crippen LogP contribution in [-0.2, 0) is 16.1 Å². The summed E-state index contributed by atoms with van der Waals surface area (Å²) in [6.07, 6.45) is 3.15. The summed E-state index contributed by atoms with van der Waals surface area (Å²) in [5.41, 5.74) is 0.942. The number of alkyl carbamates (subject to hydrolysis) is 1. The Morgan fingerprint density at radius 3 is 2.48 bits per heavy atom. The zero-order valence-corrected chi connectivity index (χ0v) is 12.6. The van der Waals surface area contributed by atoms with Gasteiger partial charge in [0.25, 0.3) is 0 Å². The number of hydrogen-bond donors (Lipinski definition) is 2. The van der Waals surface area contributed by atoms with Crippen LogP contribution in [0.5, 0.6) is 0 Å². The molecule has 0 aliphatic rings. The maximum absolute atomic E-state index is 11.4. The van der Waals surface area contributed by atoms with E-state index in [1.54, 1.807) is 0 Å². The molecular weight excluding hydrogens is 268 g/mol. The van der Waals surface area contributed by atoms with Gasteiger partial charge < -0.3 is 15.4 Å². The highest BCUT2D eigenvalue weighted by atomic mass is 16.5. The Labute approximate surface area is 126 Å². The lowest BCUT2D eigenvalue weighted by Crippen LogP contribution is -2.34. The molecule has 0 saturated heterocycles. The van der Waals surface area contributed by atoms with E-state index in [1.807, 2.05) is 30.3 Å². The third-order valence-electron chi connectivity index (χ3n) is 2.94. The maximum atomic E-state index is 11.4. The lowest BCUT2D eigenvalue weighted by molar-refractivity contribution is -0.121. The third kappa shape index (κ3) is 8.68. The molecule has 0 aliphatic heterocycles. The number of nitrogens with one attached hydrogen (secondary N) is 2. The van der Waals surface area contributed by atoms with Crippen molar-refractivity contribution in [3.8, 4) is 0 Å². The molecule has 116 valence electrons. The van der Waals surface area contributed by atoms with Crippen molar-refractivity contribution in [3.63, 3.8) is 0 Å². The average molecular weight is 292 g/mol. The summed E-state index contributed by atoms with van der Waals surface area (Å²) in [7, 11) is 0. The van der Waals surface area contributed by atoms with E-state index in [0.717, 1.165) is 24.8 Å². The van der Waals surface area contributed by atoms with Gasteiger partial charge in [0.15, 0.2) is 0 Å². The van der Waals surface area contributed by atoms with Gasteiger partial charge in [0.2, 0.25) is 5.91 Å². The smallest absolute Gasteiger partial charge is 0.407 e. The second-order valence-corrected chi connectivity index (χ2v) is 4.80. The molecule has 2 amide bonds. The van der Waals surface area contributed by atoms with Gasteiger partial charge in [-0.1, -0.05) is 50.1 Å². The molecule has 21 heavy (non-hydrogen) atoms. The first-order chi connectivity index (χ1) is 10.2. The fraction of sp³-hybridized carbons (Fsp3) is 0.500. The Hall–Kier alpha value is -2.04. The average Bonchev–Trinajstić information content (AvgIpc) is 2.51. The largest absolute Gasteiger partial charge is 0.445 e. The van der Waals surface area contributed by atoms with E-state index in [2.05, 4.69) is 17.6 Å². The highest BCUT2D eigenvalue weighted by molar-refractivity contribution is 5.75. The molecule has 0 atom stereocenters. The topological polar surface area (TPSA) is 67.4 Å². The molecule has 0 bridgehead atoms. The second-order valence-electron chi connectivity index (χ2n) is 4.80. The van der Waals surface area contributed by atoms with Crippen molar-refractivity contribution in [1.29, 1.82) is 0 Å². The van der Waals surface area contributed by atoms with Crippen molar-refractivity contribution >= 4 is 12.0 Å². The van der Waals surface area contributed by atoms with Crippen molar-refractivity contribution in [1.82, 2.24) is 10.6 Å². The standard InChI is InChI=1S/C16H24N2O3/c1-2-3-5-10-15(19)17-11-12-18-16(20)21-13-14-8-6-4-7-9-14/h4,6-9H,2-3,5,10-13H2,1H3,(H,17,19)(H,18,20). The summed E-state index contributed by atoms with van der Waals surface area (Å²) in [5, 5.41) is 5.36. The van der Waals surface area contributed by atoms with E-state index in [1.165, 1.54) is 0 Å². The van der Waals surface area contributed by atoms with E-state index >= 15 is 0 Å². The van der Waals surface area contributed by atoms with Gasteiger partial charge >= 0.3 is 6.09 Å². The Morgan fingerprint density at radius 1 is 1.05 bits per heavy atom. The number of unbranched alkanes of at least 4 members (excludes halogenated alkanes) is 2. The minimum atomic E-state index is -0.473. The summed E-state index contributed by atoms with van der Waals surface area (Å²) >= 11 is 0. The minimum absolute atomic E-state index is 0.0305. The Balaban J connectivity index is 2.02. The summed E-state index contributed by atoms with van der Waals surface area (Å²) < 4.78 is 5.05. The predicted octanol–water partition coefficient (Wildman–Crippen LogP) is 2.61. The van der Waals surface area contributed by atoms with Gasteiger partial charge in [0.05, 0.1) is 0 Å². The Kier molecular flexibility index (Phi) is 8.68. The number of rotatable bonds is 9. The third-order valence-corrected chi connectivity index (χ3v) is 2.94. The van der Waals surface area contributed by atoms with E-state index < -0.39 is 6.09 Å². The fourth-order valence-electron chi connectivity index (χ4n) is 1.76. The number of carbonyl (C=O) groups is 2. The molecule has 2 N–H and O–H groups in total. The van der Waals surface area contributed by atoms with Gasteiger partial charge in [0, 0.05) is 19.5 Å². The van der Waals surface area contributed by atoms with Crippen LogP contribution in [0.2, 0.25) is 0 Å². The zero-order chi connectivity index (χ0) is 15.3. The molecule has 1 aromatic rings. The lowest BCUT2D eigenvalue weighted by atomic mass is 10.2. The zero-order valence-electron chi connectivity index (χ0n) is 12.6. The first kappa shape index (κ1) is 17.0. The van der Waals surface area contributed by atoms with Gasteiger partial charge in [-0.3, -0.25) is 4.79 Å². The molecule has 0 fully saturated rings. The van der Waals surface area contributed by atoms with Crippen LogP contribution in [0.4, 0.5) is 4.79 Å². The molecule has 0 unspecified atom stereocenters. The van der Waals surface area contributed by atoms with Gasteiger partial charge in [-0.05, 0) is 12.0 Å². The van der Waals surface area contributed by atoms with Gasteiger partial charge in [-0.2, -0.15) is 0 Å². The maximum Gasteiger partial charge on any atom is 0.407 e. The SMILES string of the molecule is CCCCCC(=O)NCCNC(=O)OCc1ccccc1. The molecule has 1 aromatic carbocycles. The van der Waals surface area contributed by atoms with Crippen LogP contribution in [0, 0.1) is 0 Å². The van der Waals surface area contributed by atoms with Crippen molar-refractivity contribution in [3.05, 3.63) is 35.9 Å². The molecule has 0 spiro atoms. The molecule has 0 aliphatic carbocycles. The minimum Gasteiger partial charge on any atom is -0.445 e. The molecule has 0 heterocycles. The van der Waals surface area contributed by atoms with Crippen molar-refractivity contribution in [2.75, 3.05) is 13.1 Å². The van der Waals surface area contributed by atoms with E-state index in [-0.39, 0.29) is 12.5 Å². The Bertz CT molecular complexity index is 421. The fourth-order valence-corrected chi connectivity index (χ4v) is 1.76. The highest BCUT2D eigenvalue weighted by Crippen LogP contribution is 2.00. The second kappa shape index (κ2) is 10.7. The monoisotopic (exact) mass is 292 g/mol. The number of benzene rings is 1. The first-order valence-electron chi connectivity index (χ1n) is 7.43. The molecule has 0 saturated carbocycles. The first-order valence-corrected chi connectivity index (χ1v) is 7.43. The van der Waals surface area contributed by atoms with Crippen molar-refractivity contribution in [2.45, 2.75) is 39.2 Å². The molecule has 0 aromatic heterocycles. The number of amides is 2. The van der Waals surface area contributed by atoms with Crippen molar-refractivity contribution in [2.24, 2.45) is 0 Å². The van der Waals surface area contributed by atoms with Crippen LogP contribution in [0.25, 0.3) is 0 Å². The predicted molar refractivity (Wildman–Crippen MR) is 81.8 cm³/mol. The number of hydrogen-bond acceptors (Lipinski definition) is 3. The summed E-state index contributed by atoms with van der Waals surface area (Å²) in [6.45, 7) is 3.14. The molecule has 0 radical (unpaired) electrons. The highest BCUT2D eigenvalue weighted by Gasteiger charge is 2.03. The van der Waals surface area contributed by atoms with Crippen LogP contribution < -0.4 is 10.6 Å². The quantitative estimate of drug-likeness (QED) is 0.687. The molecular formula is C16H24N2O3. The normalized spacial score (nSPS) is 9.95. The van der Waals surface area contributed by atoms with E-state index in [0.29, 0.717) is 19.5 Å². The van der Waals surface area contributed by atoms with Crippen LogP contribution >= 0.6 is 0 Å². The molecule has 1 rings (SSSR count). The van der Waals surface area contributed by atoms with Crippen LogP contribution in [-0.4, -0.2) is 25.1 Å². The number of carbonyl (C=O) groups excluding carboxylic acids is 2. The lowest BCUT2D eigenvalue weighted by Gasteiger charge is -2.08. The molecule has 5 heteroatoms. The number of ether oxygens (including phenoxy) is 1. The van der Waals surface area contributed by atoms with Crippen LogP contribution in [0.15, 0.2) is 30.3 Å². The molecule has 5 nitrogen and oxygen atoms in total. The van der Waals surface area contributed by atoms with E-state index in [4.69, 9.17) is 4.74 Å². The van der Waals surface area contributed by atoms with E-state index in [9.17, 15) is 9.59 Å². The van der Waals surface area contributed by atoms with Crippen LogP contribution in [0.1, 0.15) is 38.2 Å². The van der Waals surface area contributed by atoms with Crippen molar-refractivity contribution < 1.29 is 14.3 Å². The van der Waals surface area contributed by atoms with Gasteiger partial charge in [-0.15, -0.1) is 0 Å². The summed E-state index contributed by atoms with van der Waals surface area (Å²) in [5.74, 6) is 0.0305. The summed E-state index contributed by atoms with van der Waals surface area (Å²) in [6, 6.07) is 9.48. The summed E-state index contributed by atoms with van der Waals surface area (Å²) in [4.78, 5) is 22.8.